The number of amides is 1. The molecule has 0 unspecified atom stereocenters. The summed E-state index contributed by atoms with van der Waals surface area (Å²) in [6.07, 6.45) is 1.48. The number of primary amides is 1. The Morgan fingerprint density at radius 3 is 2.77 bits per heavy atom. The Balaban J connectivity index is 1.93. The third-order valence-electron chi connectivity index (χ3n) is 2.97. The van der Waals surface area contributed by atoms with Crippen LogP contribution in [0.15, 0.2) is 63.7 Å². The Hall–Kier alpha value is -2.60. The zero-order valence-corrected chi connectivity index (χ0v) is 12.9. The fourth-order valence-corrected chi connectivity index (χ4v) is 2.37. The molecule has 0 aliphatic heterocycles. The summed E-state index contributed by atoms with van der Waals surface area (Å²) in [7, 11) is 0. The molecular formula is C16H11BrN2O3. The maximum Gasteiger partial charge on any atom is 0.248 e. The number of carbonyl (C=O) groups excluding carboxylic acids is 1. The molecule has 0 saturated carbocycles. The van der Waals surface area contributed by atoms with Gasteiger partial charge in [-0.05, 0) is 30.3 Å². The highest BCUT2D eigenvalue weighted by Crippen LogP contribution is 2.34. The number of ether oxygens (including phenoxy) is 1. The van der Waals surface area contributed by atoms with Crippen molar-refractivity contribution in [3.8, 4) is 22.8 Å². The highest BCUT2D eigenvalue weighted by Gasteiger charge is 2.14. The zero-order chi connectivity index (χ0) is 15.5. The molecule has 6 heteroatoms. The van der Waals surface area contributed by atoms with E-state index in [2.05, 4.69) is 21.1 Å². The summed E-state index contributed by atoms with van der Waals surface area (Å²) in [5.41, 5.74) is 6.46. The number of carbonyl (C=O) groups is 1. The normalized spacial score (nSPS) is 10.4. The first-order valence-corrected chi connectivity index (χ1v) is 7.21. The number of aromatic nitrogens is 1. The summed E-state index contributed by atoms with van der Waals surface area (Å²) in [5, 5.41) is 3.77. The summed E-state index contributed by atoms with van der Waals surface area (Å²) >= 11 is 3.41. The largest absolute Gasteiger partial charge is 0.452 e. The van der Waals surface area contributed by atoms with E-state index in [1.165, 1.54) is 6.20 Å². The van der Waals surface area contributed by atoms with E-state index in [1.54, 1.807) is 24.3 Å². The predicted octanol–water partition coefficient (Wildman–Crippen LogP) is 4.00. The van der Waals surface area contributed by atoms with Gasteiger partial charge >= 0.3 is 0 Å². The van der Waals surface area contributed by atoms with Crippen molar-refractivity contribution in [3.63, 3.8) is 0 Å². The van der Waals surface area contributed by atoms with E-state index < -0.39 is 5.91 Å². The molecule has 3 rings (SSSR count). The van der Waals surface area contributed by atoms with Gasteiger partial charge in [-0.2, -0.15) is 0 Å². The van der Waals surface area contributed by atoms with Gasteiger partial charge in [0.15, 0.2) is 5.75 Å². The fraction of sp³-hybridized carbons (Fsp3) is 0. The predicted molar refractivity (Wildman–Crippen MR) is 84.7 cm³/mol. The Labute approximate surface area is 134 Å². The highest BCUT2D eigenvalue weighted by atomic mass is 79.9. The monoisotopic (exact) mass is 358 g/mol. The van der Waals surface area contributed by atoms with E-state index in [-0.39, 0.29) is 0 Å². The standard InChI is InChI=1S/C16H11BrN2O3/c17-12-5-1-3-10(7-12)15-14(9-19-22-15)21-13-6-2-4-11(8-13)16(18)20/h1-9H,(H2,18,20). The van der Waals surface area contributed by atoms with E-state index in [1.807, 2.05) is 24.3 Å². The van der Waals surface area contributed by atoms with Crippen LogP contribution in [0.1, 0.15) is 10.4 Å². The summed E-state index contributed by atoms with van der Waals surface area (Å²) in [5.74, 6) is 0.934. The second-order valence-electron chi connectivity index (χ2n) is 4.52. The molecule has 110 valence electrons. The number of nitrogens with two attached hydrogens (primary N) is 1. The summed E-state index contributed by atoms with van der Waals surface area (Å²) in [6, 6.07) is 14.2. The molecule has 0 aliphatic carbocycles. The lowest BCUT2D eigenvalue weighted by Crippen LogP contribution is -2.10. The molecule has 2 aromatic carbocycles. The highest BCUT2D eigenvalue weighted by molar-refractivity contribution is 9.10. The molecular weight excluding hydrogens is 348 g/mol. The molecule has 3 aromatic rings. The van der Waals surface area contributed by atoms with Gasteiger partial charge in [-0.15, -0.1) is 0 Å². The molecule has 1 heterocycles. The Kier molecular flexibility index (Phi) is 3.93. The van der Waals surface area contributed by atoms with E-state index in [9.17, 15) is 4.79 Å². The summed E-state index contributed by atoms with van der Waals surface area (Å²) < 4.78 is 11.9. The zero-order valence-electron chi connectivity index (χ0n) is 11.3. The van der Waals surface area contributed by atoms with Crippen molar-refractivity contribution in [2.45, 2.75) is 0 Å². The van der Waals surface area contributed by atoms with E-state index in [0.717, 1.165) is 10.0 Å². The van der Waals surface area contributed by atoms with Gasteiger partial charge in [0.2, 0.25) is 11.7 Å². The van der Waals surface area contributed by atoms with Crippen LogP contribution in [-0.2, 0) is 0 Å². The molecule has 0 radical (unpaired) electrons. The topological polar surface area (TPSA) is 78.4 Å². The second kappa shape index (κ2) is 6.03. The molecule has 0 spiro atoms. The summed E-state index contributed by atoms with van der Waals surface area (Å²) in [4.78, 5) is 11.2. The van der Waals surface area contributed by atoms with Gasteiger partial charge < -0.3 is 15.0 Å². The van der Waals surface area contributed by atoms with Crippen LogP contribution < -0.4 is 10.5 Å². The van der Waals surface area contributed by atoms with Crippen LogP contribution >= 0.6 is 15.9 Å². The Morgan fingerprint density at radius 1 is 1.18 bits per heavy atom. The van der Waals surface area contributed by atoms with E-state index in [4.69, 9.17) is 15.0 Å². The lowest BCUT2D eigenvalue weighted by Gasteiger charge is -2.06. The molecule has 1 amide bonds. The van der Waals surface area contributed by atoms with Crippen molar-refractivity contribution in [3.05, 3.63) is 64.8 Å². The molecule has 5 nitrogen and oxygen atoms in total. The minimum absolute atomic E-state index is 0.373. The van der Waals surface area contributed by atoms with Crippen molar-refractivity contribution in [2.24, 2.45) is 5.73 Å². The number of nitrogens with zero attached hydrogens (tertiary/aromatic N) is 1. The molecule has 0 atom stereocenters. The molecule has 1 aromatic heterocycles. The third-order valence-corrected chi connectivity index (χ3v) is 3.46. The van der Waals surface area contributed by atoms with Crippen molar-refractivity contribution in [1.82, 2.24) is 5.16 Å². The lowest BCUT2D eigenvalue weighted by atomic mass is 10.1. The number of benzene rings is 2. The number of halogens is 1. The van der Waals surface area contributed by atoms with Gasteiger partial charge in [0.25, 0.3) is 0 Å². The van der Waals surface area contributed by atoms with Crippen molar-refractivity contribution in [2.75, 3.05) is 0 Å². The lowest BCUT2D eigenvalue weighted by molar-refractivity contribution is 0.1000. The smallest absolute Gasteiger partial charge is 0.248 e. The minimum Gasteiger partial charge on any atom is -0.452 e. The molecule has 0 fully saturated rings. The van der Waals surface area contributed by atoms with Crippen LogP contribution in [0.25, 0.3) is 11.3 Å². The van der Waals surface area contributed by atoms with Gasteiger partial charge in [0.05, 0.1) is 0 Å². The minimum atomic E-state index is -0.511. The Morgan fingerprint density at radius 2 is 2.00 bits per heavy atom. The number of hydrogen-bond acceptors (Lipinski definition) is 4. The summed E-state index contributed by atoms with van der Waals surface area (Å²) in [6.45, 7) is 0. The van der Waals surface area contributed by atoms with Crippen LogP contribution in [0, 0.1) is 0 Å². The first-order chi connectivity index (χ1) is 10.6. The van der Waals surface area contributed by atoms with Crippen LogP contribution in [0.3, 0.4) is 0 Å². The quantitative estimate of drug-likeness (QED) is 0.764. The average Bonchev–Trinajstić information content (AvgIpc) is 2.95. The van der Waals surface area contributed by atoms with Crippen molar-refractivity contribution >= 4 is 21.8 Å². The molecule has 0 bridgehead atoms. The van der Waals surface area contributed by atoms with Crippen molar-refractivity contribution < 1.29 is 14.1 Å². The average molecular weight is 359 g/mol. The second-order valence-corrected chi connectivity index (χ2v) is 5.44. The third kappa shape index (κ3) is 3.01. The van der Waals surface area contributed by atoms with Gasteiger partial charge in [0.1, 0.15) is 11.9 Å². The first kappa shape index (κ1) is 14.3. The van der Waals surface area contributed by atoms with Gasteiger partial charge in [-0.25, -0.2) is 0 Å². The van der Waals surface area contributed by atoms with Crippen LogP contribution in [0.4, 0.5) is 0 Å². The SMILES string of the molecule is NC(=O)c1cccc(Oc2cnoc2-c2cccc(Br)c2)c1. The molecule has 22 heavy (non-hydrogen) atoms. The van der Waals surface area contributed by atoms with Crippen molar-refractivity contribution in [1.29, 1.82) is 0 Å². The van der Waals surface area contributed by atoms with Gasteiger partial charge in [-0.3, -0.25) is 4.79 Å². The van der Waals surface area contributed by atoms with Gasteiger partial charge in [0, 0.05) is 15.6 Å². The molecule has 0 saturated heterocycles. The molecule has 0 aliphatic rings. The van der Waals surface area contributed by atoms with Crippen LogP contribution in [0.5, 0.6) is 11.5 Å². The number of hydrogen-bond donors (Lipinski definition) is 1. The maximum absolute atomic E-state index is 11.2. The number of rotatable bonds is 4. The van der Waals surface area contributed by atoms with Crippen LogP contribution in [0.2, 0.25) is 0 Å². The fourth-order valence-electron chi connectivity index (χ4n) is 1.97. The molecule has 2 N–H and O–H groups in total. The van der Waals surface area contributed by atoms with Gasteiger partial charge in [-0.1, -0.05) is 39.3 Å². The first-order valence-electron chi connectivity index (χ1n) is 6.42. The maximum atomic E-state index is 11.2. The van der Waals surface area contributed by atoms with E-state index >= 15 is 0 Å². The Bertz CT molecular complexity index is 830. The van der Waals surface area contributed by atoms with E-state index in [0.29, 0.717) is 22.8 Å². The van der Waals surface area contributed by atoms with Crippen LogP contribution in [-0.4, -0.2) is 11.1 Å².